The molecule has 21 heavy (non-hydrogen) atoms. The number of nitro groups is 1. The van der Waals surface area contributed by atoms with Crippen LogP contribution in [0.15, 0.2) is 34.2 Å². The van der Waals surface area contributed by atoms with Gasteiger partial charge in [-0.3, -0.25) is 10.1 Å². The van der Waals surface area contributed by atoms with Crippen molar-refractivity contribution in [3.8, 4) is 0 Å². The molecular weight excluding hydrogens is 288 g/mol. The summed E-state index contributed by atoms with van der Waals surface area (Å²) in [5, 5.41) is 11.4. The molecule has 0 aliphatic heterocycles. The first kappa shape index (κ1) is 15.2. The lowest BCUT2D eigenvalue weighted by atomic mass is 10.3. The SMILES string of the molecule is CCCc1nc(N)c(C)c(Sc2ccc([N+](=O)[O-])cc2)n1. The number of anilines is 1. The molecule has 0 amide bonds. The molecule has 2 N–H and O–H groups in total. The van der Waals surface area contributed by atoms with Crippen LogP contribution in [0.1, 0.15) is 24.7 Å². The number of hydrogen-bond donors (Lipinski definition) is 1. The van der Waals surface area contributed by atoms with Gasteiger partial charge in [0.25, 0.3) is 5.69 Å². The highest BCUT2D eigenvalue weighted by molar-refractivity contribution is 7.99. The second-order valence-corrected chi connectivity index (χ2v) is 5.62. The summed E-state index contributed by atoms with van der Waals surface area (Å²) in [5.41, 5.74) is 6.82. The van der Waals surface area contributed by atoms with Gasteiger partial charge in [-0.1, -0.05) is 18.7 Å². The Hall–Kier alpha value is -2.15. The Morgan fingerprint density at radius 2 is 1.95 bits per heavy atom. The summed E-state index contributed by atoms with van der Waals surface area (Å²) in [4.78, 5) is 19.9. The fraction of sp³-hybridized carbons (Fsp3) is 0.286. The van der Waals surface area contributed by atoms with Gasteiger partial charge >= 0.3 is 0 Å². The number of aryl methyl sites for hydroxylation is 1. The Balaban J connectivity index is 2.27. The zero-order valence-corrected chi connectivity index (χ0v) is 12.7. The summed E-state index contributed by atoms with van der Waals surface area (Å²) in [6, 6.07) is 6.38. The van der Waals surface area contributed by atoms with Gasteiger partial charge in [0, 0.05) is 29.0 Å². The highest BCUT2D eigenvalue weighted by Crippen LogP contribution is 2.31. The van der Waals surface area contributed by atoms with E-state index in [9.17, 15) is 10.1 Å². The van der Waals surface area contributed by atoms with Gasteiger partial charge in [0.2, 0.25) is 0 Å². The van der Waals surface area contributed by atoms with Crippen molar-refractivity contribution in [2.45, 2.75) is 36.6 Å². The molecule has 7 heteroatoms. The van der Waals surface area contributed by atoms with Gasteiger partial charge in [-0.25, -0.2) is 9.97 Å². The third kappa shape index (κ3) is 3.69. The first-order chi connectivity index (χ1) is 10.0. The Kier molecular flexibility index (Phi) is 4.74. The zero-order valence-electron chi connectivity index (χ0n) is 11.9. The highest BCUT2D eigenvalue weighted by atomic mass is 32.2. The number of hydrogen-bond acceptors (Lipinski definition) is 6. The van der Waals surface area contributed by atoms with Crippen LogP contribution >= 0.6 is 11.8 Å². The number of non-ortho nitro benzene ring substituents is 1. The van der Waals surface area contributed by atoms with E-state index in [-0.39, 0.29) is 5.69 Å². The van der Waals surface area contributed by atoms with Crippen LogP contribution in [0, 0.1) is 17.0 Å². The molecule has 0 radical (unpaired) electrons. The van der Waals surface area contributed by atoms with Crippen LogP contribution < -0.4 is 5.73 Å². The van der Waals surface area contributed by atoms with E-state index in [0.717, 1.165) is 34.2 Å². The van der Waals surface area contributed by atoms with Crippen LogP contribution in [-0.2, 0) is 6.42 Å². The van der Waals surface area contributed by atoms with Crippen molar-refractivity contribution in [2.75, 3.05) is 5.73 Å². The van der Waals surface area contributed by atoms with E-state index in [0.29, 0.717) is 5.82 Å². The maximum Gasteiger partial charge on any atom is 0.269 e. The fourth-order valence-electron chi connectivity index (χ4n) is 1.74. The van der Waals surface area contributed by atoms with E-state index in [2.05, 4.69) is 16.9 Å². The molecular formula is C14H16N4O2S. The number of nitro benzene ring substituents is 1. The standard InChI is InChI=1S/C14H16N4O2S/c1-3-4-12-16-13(15)9(2)14(17-12)21-11-7-5-10(6-8-11)18(19)20/h5-8H,3-4H2,1-2H3,(H2,15,16,17). The lowest BCUT2D eigenvalue weighted by molar-refractivity contribution is -0.384. The predicted molar refractivity (Wildman–Crippen MR) is 82.4 cm³/mol. The highest BCUT2D eigenvalue weighted by Gasteiger charge is 2.11. The molecule has 0 unspecified atom stereocenters. The van der Waals surface area contributed by atoms with Crippen LogP contribution in [-0.4, -0.2) is 14.9 Å². The molecule has 0 bridgehead atoms. The summed E-state index contributed by atoms with van der Waals surface area (Å²) in [6.45, 7) is 3.93. The average molecular weight is 304 g/mol. The second-order valence-electron chi connectivity index (χ2n) is 4.56. The molecule has 110 valence electrons. The van der Waals surface area contributed by atoms with Crippen molar-refractivity contribution in [2.24, 2.45) is 0 Å². The molecule has 0 aliphatic rings. The number of nitrogens with two attached hydrogens (primary N) is 1. The Labute approximate surface area is 127 Å². The smallest absolute Gasteiger partial charge is 0.269 e. The first-order valence-corrected chi connectivity index (χ1v) is 7.38. The molecule has 0 saturated heterocycles. The van der Waals surface area contributed by atoms with E-state index in [4.69, 9.17) is 5.73 Å². The molecule has 1 aromatic carbocycles. The van der Waals surface area contributed by atoms with Crippen molar-refractivity contribution in [3.05, 3.63) is 45.8 Å². The summed E-state index contributed by atoms with van der Waals surface area (Å²) in [6.07, 6.45) is 1.72. The van der Waals surface area contributed by atoms with Crippen LogP contribution in [0.3, 0.4) is 0 Å². The average Bonchev–Trinajstić information content (AvgIpc) is 2.45. The maximum absolute atomic E-state index is 10.6. The minimum Gasteiger partial charge on any atom is -0.383 e. The van der Waals surface area contributed by atoms with E-state index < -0.39 is 4.92 Å². The molecule has 0 fully saturated rings. The lowest BCUT2D eigenvalue weighted by Crippen LogP contribution is -2.04. The number of rotatable bonds is 5. The molecule has 0 spiro atoms. The fourth-order valence-corrected chi connectivity index (χ4v) is 2.64. The summed E-state index contributed by atoms with van der Waals surface area (Å²) >= 11 is 1.44. The van der Waals surface area contributed by atoms with Gasteiger partial charge in [-0.15, -0.1) is 0 Å². The quantitative estimate of drug-likeness (QED) is 0.517. The van der Waals surface area contributed by atoms with E-state index in [1.54, 1.807) is 12.1 Å². The summed E-state index contributed by atoms with van der Waals surface area (Å²) in [7, 11) is 0. The zero-order chi connectivity index (χ0) is 15.4. The number of benzene rings is 1. The molecule has 1 aromatic heterocycles. The minimum absolute atomic E-state index is 0.0740. The third-order valence-electron chi connectivity index (χ3n) is 2.92. The first-order valence-electron chi connectivity index (χ1n) is 6.56. The van der Waals surface area contributed by atoms with E-state index in [1.807, 2.05) is 6.92 Å². The van der Waals surface area contributed by atoms with Gasteiger partial charge in [-0.05, 0) is 25.5 Å². The van der Waals surface area contributed by atoms with E-state index in [1.165, 1.54) is 23.9 Å². The monoisotopic (exact) mass is 304 g/mol. The van der Waals surface area contributed by atoms with Crippen LogP contribution in [0.4, 0.5) is 11.5 Å². The van der Waals surface area contributed by atoms with Gasteiger partial charge in [0.05, 0.1) is 4.92 Å². The van der Waals surface area contributed by atoms with E-state index >= 15 is 0 Å². The number of nitrogen functional groups attached to an aromatic ring is 1. The normalized spacial score (nSPS) is 10.6. The van der Waals surface area contributed by atoms with Crippen LogP contribution in [0.25, 0.3) is 0 Å². The van der Waals surface area contributed by atoms with Gasteiger partial charge in [-0.2, -0.15) is 0 Å². The molecule has 2 rings (SSSR count). The van der Waals surface area contributed by atoms with Gasteiger partial charge in [0.15, 0.2) is 0 Å². The minimum atomic E-state index is -0.415. The largest absolute Gasteiger partial charge is 0.383 e. The number of nitrogens with zero attached hydrogens (tertiary/aromatic N) is 3. The van der Waals surface area contributed by atoms with Gasteiger partial charge in [0.1, 0.15) is 16.7 Å². The van der Waals surface area contributed by atoms with Crippen molar-refractivity contribution in [1.29, 1.82) is 0 Å². The molecule has 0 saturated carbocycles. The third-order valence-corrected chi connectivity index (χ3v) is 4.02. The molecule has 1 heterocycles. The number of aromatic nitrogens is 2. The van der Waals surface area contributed by atoms with Crippen molar-refractivity contribution < 1.29 is 4.92 Å². The van der Waals surface area contributed by atoms with Crippen molar-refractivity contribution in [3.63, 3.8) is 0 Å². The van der Waals surface area contributed by atoms with Crippen molar-refractivity contribution in [1.82, 2.24) is 9.97 Å². The summed E-state index contributed by atoms with van der Waals surface area (Å²) < 4.78 is 0. The lowest BCUT2D eigenvalue weighted by Gasteiger charge is -2.09. The predicted octanol–water partition coefficient (Wildman–Crippen LogP) is 3.38. The Bertz CT molecular complexity index is 659. The van der Waals surface area contributed by atoms with Gasteiger partial charge < -0.3 is 5.73 Å². The molecule has 6 nitrogen and oxygen atoms in total. The molecule has 0 atom stereocenters. The van der Waals surface area contributed by atoms with Crippen LogP contribution in [0.2, 0.25) is 0 Å². The van der Waals surface area contributed by atoms with Crippen molar-refractivity contribution >= 4 is 23.3 Å². The topological polar surface area (TPSA) is 94.9 Å². The maximum atomic E-state index is 10.6. The molecule has 0 aliphatic carbocycles. The second kappa shape index (κ2) is 6.53. The Morgan fingerprint density at radius 1 is 1.29 bits per heavy atom. The Morgan fingerprint density at radius 3 is 2.52 bits per heavy atom. The van der Waals surface area contributed by atoms with Crippen LogP contribution in [0.5, 0.6) is 0 Å². The summed E-state index contributed by atoms with van der Waals surface area (Å²) in [5.74, 6) is 1.21. The molecule has 2 aromatic rings.